The van der Waals surface area contributed by atoms with Gasteiger partial charge in [0.15, 0.2) is 0 Å². The molecule has 3 nitrogen and oxygen atoms in total. The van der Waals surface area contributed by atoms with Gasteiger partial charge < -0.3 is 0 Å². The number of imide groups is 1. The summed E-state index contributed by atoms with van der Waals surface area (Å²) in [5.41, 5.74) is -1.26. The van der Waals surface area contributed by atoms with Crippen LogP contribution in [-0.2, 0) is 15.8 Å². The van der Waals surface area contributed by atoms with Crippen LogP contribution < -0.4 is 5.32 Å². The number of carbonyl (C=O) groups excluding carboxylic acids is 2. The highest BCUT2D eigenvalue weighted by Gasteiger charge is 2.31. The average Bonchev–Trinajstić information content (AvgIpc) is 2.55. The smallest absolute Gasteiger partial charge is 0.292 e. The Bertz CT molecular complexity index is 590. The van der Waals surface area contributed by atoms with Crippen molar-refractivity contribution in [3.8, 4) is 0 Å². The van der Waals surface area contributed by atoms with Gasteiger partial charge in [-0.2, -0.15) is 13.2 Å². The first kappa shape index (κ1) is 13.3. The van der Waals surface area contributed by atoms with E-state index in [9.17, 15) is 27.2 Å². The van der Waals surface area contributed by atoms with Gasteiger partial charge in [0.05, 0.1) is 12.0 Å². The molecule has 2 amide bonds. The molecule has 1 fully saturated rings. The van der Waals surface area contributed by atoms with Gasteiger partial charge in [0.1, 0.15) is 5.82 Å². The second-order valence-corrected chi connectivity index (χ2v) is 3.99. The maximum Gasteiger partial charge on any atom is 0.416 e. The van der Waals surface area contributed by atoms with Crippen LogP contribution in [0.25, 0.3) is 6.08 Å². The maximum absolute atomic E-state index is 13.1. The lowest BCUT2D eigenvalue weighted by molar-refractivity contribution is -0.137. The lowest BCUT2D eigenvalue weighted by atomic mass is 10.1. The molecule has 1 saturated heterocycles. The molecule has 1 aliphatic rings. The van der Waals surface area contributed by atoms with Crippen LogP contribution in [-0.4, -0.2) is 11.8 Å². The summed E-state index contributed by atoms with van der Waals surface area (Å²) in [5.74, 6) is -2.28. The Balaban J connectivity index is 2.41. The first-order valence-electron chi connectivity index (χ1n) is 5.18. The molecular weight excluding hydrogens is 266 g/mol. The molecule has 1 aliphatic heterocycles. The number of halogens is 4. The summed E-state index contributed by atoms with van der Waals surface area (Å²) in [6.45, 7) is 0. The van der Waals surface area contributed by atoms with E-state index in [4.69, 9.17) is 0 Å². The van der Waals surface area contributed by atoms with E-state index in [1.165, 1.54) is 0 Å². The molecule has 7 heteroatoms. The third-order valence-corrected chi connectivity index (χ3v) is 2.48. The van der Waals surface area contributed by atoms with Gasteiger partial charge in [0.2, 0.25) is 5.91 Å². The molecule has 100 valence electrons. The van der Waals surface area contributed by atoms with Crippen LogP contribution in [0.15, 0.2) is 23.8 Å². The third-order valence-electron chi connectivity index (χ3n) is 2.48. The van der Waals surface area contributed by atoms with Crippen molar-refractivity contribution in [1.82, 2.24) is 5.32 Å². The SMILES string of the molecule is O=C1C/C(=C/c2cc(F)cc(C(F)(F)F)c2)C(=O)N1. The molecule has 0 aromatic heterocycles. The van der Waals surface area contributed by atoms with E-state index in [-0.39, 0.29) is 17.6 Å². The zero-order valence-electron chi connectivity index (χ0n) is 9.34. The van der Waals surface area contributed by atoms with Crippen LogP contribution in [0.2, 0.25) is 0 Å². The molecule has 0 unspecified atom stereocenters. The molecule has 0 atom stereocenters. The van der Waals surface area contributed by atoms with Gasteiger partial charge in [-0.3, -0.25) is 14.9 Å². The van der Waals surface area contributed by atoms with Gasteiger partial charge in [-0.05, 0) is 29.8 Å². The van der Waals surface area contributed by atoms with Crippen LogP contribution in [0.4, 0.5) is 17.6 Å². The predicted octanol–water partition coefficient (Wildman–Crippen LogP) is 2.27. The highest BCUT2D eigenvalue weighted by atomic mass is 19.4. The predicted molar refractivity (Wildman–Crippen MR) is 57.1 cm³/mol. The van der Waals surface area contributed by atoms with Gasteiger partial charge in [0, 0.05) is 5.57 Å². The van der Waals surface area contributed by atoms with Crippen LogP contribution in [0.5, 0.6) is 0 Å². The molecular formula is C12H7F4NO2. The Labute approximate surface area is 104 Å². The highest BCUT2D eigenvalue weighted by Crippen LogP contribution is 2.31. The monoisotopic (exact) mass is 273 g/mol. The largest absolute Gasteiger partial charge is 0.416 e. The molecule has 0 saturated carbocycles. The Morgan fingerprint density at radius 3 is 2.37 bits per heavy atom. The lowest BCUT2D eigenvalue weighted by Crippen LogP contribution is -2.19. The van der Waals surface area contributed by atoms with E-state index in [2.05, 4.69) is 0 Å². The molecule has 0 aliphatic carbocycles. The van der Waals surface area contributed by atoms with Crippen molar-refractivity contribution in [2.45, 2.75) is 12.6 Å². The normalized spacial score (nSPS) is 18.0. The van der Waals surface area contributed by atoms with Crippen molar-refractivity contribution < 1.29 is 27.2 Å². The molecule has 0 radical (unpaired) electrons. The average molecular weight is 273 g/mol. The fourth-order valence-electron chi connectivity index (χ4n) is 1.68. The molecule has 0 spiro atoms. The first-order chi connectivity index (χ1) is 8.75. The van der Waals surface area contributed by atoms with Gasteiger partial charge in [-0.1, -0.05) is 0 Å². The Hall–Kier alpha value is -2.18. The van der Waals surface area contributed by atoms with E-state index in [1.807, 2.05) is 5.32 Å². The van der Waals surface area contributed by atoms with E-state index < -0.39 is 29.4 Å². The van der Waals surface area contributed by atoms with Crippen molar-refractivity contribution in [3.63, 3.8) is 0 Å². The number of hydrogen-bond acceptors (Lipinski definition) is 2. The number of rotatable bonds is 1. The van der Waals surface area contributed by atoms with Gasteiger partial charge in [-0.15, -0.1) is 0 Å². The molecule has 0 bridgehead atoms. The molecule has 1 aromatic carbocycles. The Morgan fingerprint density at radius 1 is 1.16 bits per heavy atom. The van der Waals surface area contributed by atoms with E-state index in [1.54, 1.807) is 0 Å². The summed E-state index contributed by atoms with van der Waals surface area (Å²) < 4.78 is 50.5. The van der Waals surface area contributed by atoms with Crippen molar-refractivity contribution in [2.75, 3.05) is 0 Å². The van der Waals surface area contributed by atoms with Crippen molar-refractivity contribution >= 4 is 17.9 Å². The highest BCUT2D eigenvalue weighted by molar-refractivity contribution is 6.15. The summed E-state index contributed by atoms with van der Waals surface area (Å²) in [7, 11) is 0. The Kier molecular flexibility index (Phi) is 3.13. The van der Waals surface area contributed by atoms with Crippen molar-refractivity contribution in [1.29, 1.82) is 0 Å². The minimum Gasteiger partial charge on any atom is -0.292 e. The first-order valence-corrected chi connectivity index (χ1v) is 5.18. The van der Waals surface area contributed by atoms with E-state index in [0.29, 0.717) is 12.1 Å². The van der Waals surface area contributed by atoms with Gasteiger partial charge >= 0.3 is 6.18 Å². The van der Waals surface area contributed by atoms with Crippen LogP contribution in [0.1, 0.15) is 17.5 Å². The summed E-state index contributed by atoms with van der Waals surface area (Å²) in [4.78, 5) is 22.2. The molecule has 1 aromatic rings. The summed E-state index contributed by atoms with van der Waals surface area (Å²) in [6.07, 6.45) is -3.83. The van der Waals surface area contributed by atoms with Crippen molar-refractivity contribution in [3.05, 3.63) is 40.7 Å². The molecule has 19 heavy (non-hydrogen) atoms. The number of amides is 2. The topological polar surface area (TPSA) is 46.2 Å². The second-order valence-electron chi connectivity index (χ2n) is 3.99. The van der Waals surface area contributed by atoms with Gasteiger partial charge in [0.25, 0.3) is 5.91 Å². The lowest BCUT2D eigenvalue weighted by Gasteiger charge is -2.07. The number of benzene rings is 1. The third kappa shape index (κ3) is 2.98. The second kappa shape index (κ2) is 4.49. The molecule has 2 rings (SSSR count). The number of alkyl halides is 3. The van der Waals surface area contributed by atoms with Crippen LogP contribution in [0.3, 0.4) is 0 Å². The Morgan fingerprint density at radius 2 is 1.84 bits per heavy atom. The summed E-state index contributed by atoms with van der Waals surface area (Å²) in [6, 6.07) is 1.94. The quantitative estimate of drug-likeness (QED) is 0.484. The zero-order valence-corrected chi connectivity index (χ0v) is 9.34. The summed E-state index contributed by atoms with van der Waals surface area (Å²) in [5, 5.41) is 1.98. The maximum atomic E-state index is 13.1. The summed E-state index contributed by atoms with van der Waals surface area (Å²) >= 11 is 0. The van der Waals surface area contributed by atoms with Crippen LogP contribution in [0, 0.1) is 5.82 Å². The standard InChI is InChI=1S/C12H7F4NO2/c13-9-3-6(2-8(5-9)12(14,15)16)1-7-4-10(18)17-11(7)19/h1-3,5H,4H2,(H,17,18,19)/b7-1-. The van der Waals surface area contributed by atoms with Crippen LogP contribution >= 0.6 is 0 Å². The fraction of sp³-hybridized carbons (Fsp3) is 0.167. The number of carbonyl (C=O) groups is 2. The van der Waals surface area contributed by atoms with E-state index in [0.717, 1.165) is 12.1 Å². The number of nitrogens with one attached hydrogen (secondary N) is 1. The van der Waals surface area contributed by atoms with E-state index >= 15 is 0 Å². The zero-order chi connectivity index (χ0) is 14.2. The molecule has 1 heterocycles. The fourth-order valence-corrected chi connectivity index (χ4v) is 1.68. The minimum atomic E-state index is -4.68. The minimum absolute atomic E-state index is 0.00345. The van der Waals surface area contributed by atoms with Gasteiger partial charge in [-0.25, -0.2) is 4.39 Å². The molecule has 1 N–H and O–H groups in total. The number of hydrogen-bond donors (Lipinski definition) is 1. The van der Waals surface area contributed by atoms with Crippen molar-refractivity contribution in [2.24, 2.45) is 0 Å².